The average Bonchev–Trinajstić information content (AvgIpc) is 3.04. The third-order valence-corrected chi connectivity index (χ3v) is 5.85. The second-order valence-electron chi connectivity index (χ2n) is 8.16. The highest BCUT2D eigenvalue weighted by Gasteiger charge is 2.41. The molecule has 0 amide bonds. The van der Waals surface area contributed by atoms with Crippen molar-refractivity contribution in [1.29, 1.82) is 0 Å². The van der Waals surface area contributed by atoms with Crippen LogP contribution in [0.2, 0.25) is 0 Å². The van der Waals surface area contributed by atoms with Crippen molar-refractivity contribution in [2.75, 3.05) is 7.11 Å². The number of hydrogen-bond acceptors (Lipinski definition) is 3. The van der Waals surface area contributed by atoms with Gasteiger partial charge in [0.25, 0.3) is 0 Å². The molecular weight excluding hydrogens is 348 g/mol. The summed E-state index contributed by atoms with van der Waals surface area (Å²) in [5.74, 6) is 0.193. The Hall–Kier alpha value is -2.59. The van der Waals surface area contributed by atoms with Crippen LogP contribution in [0.1, 0.15) is 42.3 Å². The van der Waals surface area contributed by atoms with Crippen molar-refractivity contribution < 1.29 is 9.53 Å². The van der Waals surface area contributed by atoms with E-state index in [4.69, 9.17) is 4.74 Å². The minimum Gasteiger partial charge on any atom is -0.468 e. The first-order valence-corrected chi connectivity index (χ1v) is 9.98. The number of aryl methyl sites for hydroxylation is 1. The quantitative estimate of drug-likeness (QED) is 0.667. The van der Waals surface area contributed by atoms with Gasteiger partial charge in [-0.3, -0.25) is 9.69 Å². The lowest BCUT2D eigenvalue weighted by molar-refractivity contribution is -0.149. The molecule has 2 atom stereocenters. The van der Waals surface area contributed by atoms with E-state index in [0.29, 0.717) is 12.3 Å². The Bertz CT molecular complexity index is 1000. The minimum atomic E-state index is -0.287. The highest BCUT2D eigenvalue weighted by atomic mass is 16.5. The smallest absolute Gasteiger partial charge is 0.323 e. The van der Waals surface area contributed by atoms with Crippen LogP contribution in [0.5, 0.6) is 0 Å². The first kappa shape index (κ1) is 18.8. The van der Waals surface area contributed by atoms with Gasteiger partial charge in [-0.15, -0.1) is 0 Å². The maximum Gasteiger partial charge on any atom is 0.323 e. The molecule has 2 heterocycles. The molecule has 0 spiro atoms. The Morgan fingerprint density at radius 3 is 2.71 bits per heavy atom. The van der Waals surface area contributed by atoms with E-state index in [1.807, 2.05) is 0 Å². The maximum atomic E-state index is 12.8. The van der Waals surface area contributed by atoms with E-state index < -0.39 is 0 Å². The number of rotatable bonds is 4. The van der Waals surface area contributed by atoms with E-state index >= 15 is 0 Å². The fourth-order valence-electron chi connectivity index (χ4n) is 4.66. The number of H-pyrrole nitrogens is 1. The number of nitrogens with one attached hydrogen (secondary N) is 1. The van der Waals surface area contributed by atoms with Crippen LogP contribution in [0.3, 0.4) is 0 Å². The molecule has 0 saturated heterocycles. The second kappa shape index (κ2) is 7.44. The Kier molecular flexibility index (Phi) is 4.98. The van der Waals surface area contributed by atoms with Gasteiger partial charge in [0.05, 0.1) is 13.2 Å². The average molecular weight is 377 g/mol. The zero-order valence-electron chi connectivity index (χ0n) is 17.0. The van der Waals surface area contributed by atoms with Gasteiger partial charge < -0.3 is 9.72 Å². The van der Waals surface area contributed by atoms with Gasteiger partial charge >= 0.3 is 5.97 Å². The van der Waals surface area contributed by atoms with Crippen molar-refractivity contribution in [3.63, 3.8) is 0 Å². The molecule has 0 aliphatic carbocycles. The molecule has 4 nitrogen and oxygen atoms in total. The molecule has 146 valence electrons. The van der Waals surface area contributed by atoms with E-state index in [9.17, 15) is 4.79 Å². The fourth-order valence-corrected chi connectivity index (χ4v) is 4.66. The monoisotopic (exact) mass is 376 g/mol. The normalized spacial score (nSPS) is 19.8. The number of hydrogen-bond donors (Lipinski definition) is 1. The molecule has 28 heavy (non-hydrogen) atoms. The lowest BCUT2D eigenvalue weighted by Crippen LogP contribution is -2.49. The third kappa shape index (κ3) is 3.22. The number of aromatic amines is 1. The number of aromatic nitrogens is 1. The summed E-state index contributed by atoms with van der Waals surface area (Å²) in [6.45, 7) is 7.28. The van der Waals surface area contributed by atoms with Crippen molar-refractivity contribution in [2.24, 2.45) is 5.92 Å². The van der Waals surface area contributed by atoms with Crippen molar-refractivity contribution >= 4 is 16.9 Å². The number of methoxy groups -OCH3 is 1. The van der Waals surface area contributed by atoms with E-state index in [2.05, 4.69) is 79.2 Å². The summed E-state index contributed by atoms with van der Waals surface area (Å²) in [5.41, 5.74) is 6.09. The summed E-state index contributed by atoms with van der Waals surface area (Å²) < 4.78 is 5.22. The standard InChI is InChI=1S/C24H28N2O2/c1-15(2)23-22-19(18-10-5-6-11-20(18)25-22)13-21(24(27)28-4)26(23)14-17-9-7-8-16(3)12-17/h5-12,15,21,23,25H,13-14H2,1-4H3/t21-,23?/m0/s1. The predicted octanol–water partition coefficient (Wildman–Crippen LogP) is 4.77. The molecule has 0 bridgehead atoms. The van der Waals surface area contributed by atoms with E-state index in [1.54, 1.807) is 0 Å². The molecule has 4 heteroatoms. The number of esters is 1. The molecule has 1 aromatic heterocycles. The minimum absolute atomic E-state index is 0.126. The number of fused-ring (bicyclic) bond motifs is 3. The molecular formula is C24H28N2O2. The molecule has 0 saturated carbocycles. The number of benzene rings is 2. The van der Waals surface area contributed by atoms with E-state index in [1.165, 1.54) is 34.9 Å². The van der Waals surface area contributed by atoms with Crippen LogP contribution >= 0.6 is 0 Å². The summed E-state index contributed by atoms with van der Waals surface area (Å²) in [7, 11) is 1.49. The van der Waals surface area contributed by atoms with Crippen molar-refractivity contribution in [1.82, 2.24) is 9.88 Å². The third-order valence-electron chi connectivity index (χ3n) is 5.85. The number of nitrogens with zero attached hydrogens (tertiary/aromatic N) is 1. The molecule has 1 aliphatic heterocycles. The molecule has 1 unspecified atom stereocenters. The molecule has 1 N–H and O–H groups in total. The van der Waals surface area contributed by atoms with Gasteiger partial charge in [0.1, 0.15) is 6.04 Å². The number of ether oxygens (including phenoxy) is 1. The van der Waals surface area contributed by atoms with Gasteiger partial charge in [-0.2, -0.15) is 0 Å². The molecule has 0 fully saturated rings. The van der Waals surface area contributed by atoms with Crippen LogP contribution in [0.4, 0.5) is 0 Å². The zero-order chi connectivity index (χ0) is 19.8. The molecule has 0 radical (unpaired) electrons. The summed E-state index contributed by atoms with van der Waals surface area (Å²) in [5, 5.41) is 1.22. The molecule has 4 rings (SSSR count). The van der Waals surface area contributed by atoms with E-state index in [-0.39, 0.29) is 18.1 Å². The van der Waals surface area contributed by atoms with Crippen LogP contribution in [0.15, 0.2) is 48.5 Å². The van der Waals surface area contributed by atoms with Crippen LogP contribution in [-0.4, -0.2) is 29.0 Å². The Balaban J connectivity index is 1.84. The van der Waals surface area contributed by atoms with Gasteiger partial charge in [-0.1, -0.05) is 61.9 Å². The number of carbonyl (C=O) groups excluding carboxylic acids is 1. The highest BCUT2D eigenvalue weighted by molar-refractivity contribution is 5.87. The lowest BCUT2D eigenvalue weighted by atomic mass is 9.86. The SMILES string of the molecule is COC(=O)[C@@H]1Cc2c([nH]c3ccccc23)C(C(C)C)N1Cc1cccc(C)c1. The van der Waals surface area contributed by atoms with E-state index in [0.717, 1.165) is 12.1 Å². The van der Waals surface area contributed by atoms with Crippen molar-refractivity contribution in [2.45, 2.75) is 45.8 Å². The summed E-state index contributed by atoms with van der Waals surface area (Å²) in [6.07, 6.45) is 0.668. The molecule has 2 aromatic carbocycles. The summed E-state index contributed by atoms with van der Waals surface area (Å²) in [6, 6.07) is 16.7. The molecule has 1 aliphatic rings. The fraction of sp³-hybridized carbons (Fsp3) is 0.375. The Morgan fingerprint density at radius 1 is 1.21 bits per heavy atom. The van der Waals surface area contributed by atoms with Gasteiger partial charge in [0.15, 0.2) is 0 Å². The van der Waals surface area contributed by atoms with Gasteiger partial charge in [0.2, 0.25) is 0 Å². The van der Waals surface area contributed by atoms with Crippen LogP contribution in [-0.2, 0) is 22.5 Å². The summed E-state index contributed by atoms with van der Waals surface area (Å²) in [4.78, 5) is 18.8. The van der Waals surface area contributed by atoms with Gasteiger partial charge in [-0.05, 0) is 30.0 Å². The van der Waals surface area contributed by atoms with Gasteiger partial charge in [0, 0.05) is 29.6 Å². The second-order valence-corrected chi connectivity index (χ2v) is 8.16. The van der Waals surface area contributed by atoms with Crippen LogP contribution in [0, 0.1) is 12.8 Å². The van der Waals surface area contributed by atoms with Crippen molar-refractivity contribution in [3.8, 4) is 0 Å². The molecule has 3 aromatic rings. The van der Waals surface area contributed by atoms with Crippen molar-refractivity contribution in [3.05, 3.63) is 70.9 Å². The van der Waals surface area contributed by atoms with Crippen LogP contribution < -0.4 is 0 Å². The number of carbonyl (C=O) groups is 1. The van der Waals surface area contributed by atoms with Gasteiger partial charge in [-0.25, -0.2) is 0 Å². The van der Waals surface area contributed by atoms with Crippen LogP contribution in [0.25, 0.3) is 10.9 Å². The summed E-state index contributed by atoms with van der Waals surface area (Å²) >= 11 is 0. The lowest BCUT2D eigenvalue weighted by Gasteiger charge is -2.42. The topological polar surface area (TPSA) is 45.3 Å². The first-order chi connectivity index (χ1) is 13.5. The largest absolute Gasteiger partial charge is 0.468 e. The predicted molar refractivity (Wildman–Crippen MR) is 112 cm³/mol. The zero-order valence-corrected chi connectivity index (χ0v) is 17.0. The maximum absolute atomic E-state index is 12.8. The highest BCUT2D eigenvalue weighted by Crippen LogP contribution is 2.41. The Morgan fingerprint density at radius 2 is 2.00 bits per heavy atom. The first-order valence-electron chi connectivity index (χ1n) is 9.98. The Labute approximate surface area is 166 Å². The number of para-hydroxylation sites is 1.